The van der Waals surface area contributed by atoms with Gasteiger partial charge in [0.2, 0.25) is 0 Å². The van der Waals surface area contributed by atoms with Gasteiger partial charge in [0.15, 0.2) is 11.5 Å². The predicted octanol–water partition coefficient (Wildman–Crippen LogP) is 6.03. The minimum atomic E-state index is -0.313. The van der Waals surface area contributed by atoms with Gasteiger partial charge in [-0.25, -0.2) is 0 Å². The first-order valence-corrected chi connectivity index (χ1v) is 11.9. The summed E-state index contributed by atoms with van der Waals surface area (Å²) in [4.78, 5) is 26.9. The molecule has 2 aromatic rings. The SMILES string of the molecule is CCCOc1ccc(/C=C2\SC(=O)N(CCOc3cc(C)ccc3C(C)C)C2=O)cc1OC. The maximum atomic E-state index is 12.9. The Morgan fingerprint density at radius 2 is 1.76 bits per heavy atom. The van der Waals surface area contributed by atoms with Gasteiger partial charge >= 0.3 is 0 Å². The summed E-state index contributed by atoms with van der Waals surface area (Å²) in [5.41, 5.74) is 2.97. The summed E-state index contributed by atoms with van der Waals surface area (Å²) in [5, 5.41) is -0.293. The zero-order chi connectivity index (χ0) is 24.0. The normalized spacial score (nSPS) is 15.0. The van der Waals surface area contributed by atoms with Crippen LogP contribution in [0.2, 0.25) is 0 Å². The van der Waals surface area contributed by atoms with Crippen molar-refractivity contribution in [1.82, 2.24) is 4.90 Å². The average molecular weight is 470 g/mol. The van der Waals surface area contributed by atoms with E-state index in [1.54, 1.807) is 19.3 Å². The molecule has 0 saturated carbocycles. The number of nitrogens with zero attached hydrogens (tertiary/aromatic N) is 1. The van der Waals surface area contributed by atoms with Crippen molar-refractivity contribution in [2.45, 2.75) is 40.0 Å². The van der Waals surface area contributed by atoms with Crippen molar-refractivity contribution in [2.75, 3.05) is 26.9 Å². The topological polar surface area (TPSA) is 65.1 Å². The van der Waals surface area contributed by atoms with E-state index in [0.717, 1.165) is 40.6 Å². The number of benzene rings is 2. The van der Waals surface area contributed by atoms with Crippen LogP contribution in [0.3, 0.4) is 0 Å². The summed E-state index contributed by atoms with van der Waals surface area (Å²) >= 11 is 0.936. The van der Waals surface area contributed by atoms with Crippen molar-refractivity contribution in [3.63, 3.8) is 0 Å². The molecule has 0 radical (unpaired) electrons. The maximum Gasteiger partial charge on any atom is 0.293 e. The molecule has 7 heteroatoms. The molecule has 0 bridgehead atoms. The smallest absolute Gasteiger partial charge is 0.293 e. The monoisotopic (exact) mass is 469 g/mol. The number of ether oxygens (including phenoxy) is 3. The van der Waals surface area contributed by atoms with E-state index < -0.39 is 0 Å². The minimum Gasteiger partial charge on any atom is -0.493 e. The summed E-state index contributed by atoms with van der Waals surface area (Å²) in [5.74, 6) is 2.04. The molecule has 0 spiro atoms. The number of aryl methyl sites for hydroxylation is 1. The minimum absolute atomic E-state index is 0.195. The van der Waals surface area contributed by atoms with Gasteiger partial charge in [-0.3, -0.25) is 14.5 Å². The molecular weight excluding hydrogens is 438 g/mol. The van der Waals surface area contributed by atoms with Gasteiger partial charge < -0.3 is 14.2 Å². The van der Waals surface area contributed by atoms with Crippen molar-refractivity contribution >= 4 is 29.0 Å². The molecule has 0 unspecified atom stereocenters. The Hall–Kier alpha value is -2.93. The number of amides is 2. The van der Waals surface area contributed by atoms with E-state index in [1.165, 1.54) is 4.90 Å². The molecule has 1 aliphatic heterocycles. The third-order valence-corrected chi connectivity index (χ3v) is 6.09. The number of rotatable bonds is 10. The summed E-state index contributed by atoms with van der Waals surface area (Å²) in [7, 11) is 1.57. The van der Waals surface area contributed by atoms with Crippen LogP contribution in [0.15, 0.2) is 41.3 Å². The van der Waals surface area contributed by atoms with Gasteiger partial charge in [0.05, 0.1) is 25.2 Å². The summed E-state index contributed by atoms with van der Waals surface area (Å²) in [6.45, 7) is 9.29. The van der Waals surface area contributed by atoms with Crippen molar-refractivity contribution in [3.8, 4) is 17.2 Å². The fourth-order valence-electron chi connectivity index (χ4n) is 3.44. The molecule has 0 atom stereocenters. The van der Waals surface area contributed by atoms with Crippen LogP contribution in [0.1, 0.15) is 49.8 Å². The first-order valence-electron chi connectivity index (χ1n) is 11.1. The maximum absolute atomic E-state index is 12.9. The number of methoxy groups -OCH3 is 1. The molecule has 1 fully saturated rings. The number of carbonyl (C=O) groups excluding carboxylic acids is 2. The zero-order valence-corrected chi connectivity index (χ0v) is 20.7. The Kier molecular flexibility index (Phi) is 8.44. The Labute approximate surface area is 199 Å². The lowest BCUT2D eigenvalue weighted by molar-refractivity contribution is -0.123. The van der Waals surface area contributed by atoms with E-state index >= 15 is 0 Å². The second-order valence-corrected chi connectivity index (χ2v) is 9.13. The number of carbonyl (C=O) groups is 2. The third-order valence-electron chi connectivity index (χ3n) is 5.18. The molecule has 1 saturated heterocycles. The van der Waals surface area contributed by atoms with Crippen LogP contribution in [0, 0.1) is 6.92 Å². The van der Waals surface area contributed by atoms with E-state index in [4.69, 9.17) is 14.2 Å². The van der Waals surface area contributed by atoms with Crippen molar-refractivity contribution in [3.05, 3.63) is 58.0 Å². The Balaban J connectivity index is 1.67. The summed E-state index contributed by atoms with van der Waals surface area (Å²) < 4.78 is 17.0. The van der Waals surface area contributed by atoms with Crippen molar-refractivity contribution < 1.29 is 23.8 Å². The van der Waals surface area contributed by atoms with Gasteiger partial charge in [-0.15, -0.1) is 0 Å². The fourth-order valence-corrected chi connectivity index (χ4v) is 4.30. The standard InChI is InChI=1S/C26H31NO5S/c1-6-12-31-21-10-8-19(15-23(21)30-5)16-24-25(28)27(26(29)33-24)11-13-32-22-14-18(4)7-9-20(22)17(2)3/h7-10,14-17H,6,11-13H2,1-5H3/b24-16-. The molecule has 2 aromatic carbocycles. The van der Waals surface area contributed by atoms with Gasteiger partial charge in [-0.1, -0.05) is 39.0 Å². The quantitative estimate of drug-likeness (QED) is 0.396. The van der Waals surface area contributed by atoms with Crippen molar-refractivity contribution in [1.29, 1.82) is 0 Å². The first kappa shape index (κ1) is 24.7. The van der Waals surface area contributed by atoms with Crippen LogP contribution in [-0.4, -0.2) is 42.9 Å². The molecular formula is C26H31NO5S. The third kappa shape index (κ3) is 6.11. The fraction of sp³-hybridized carbons (Fsp3) is 0.385. The van der Waals surface area contributed by atoms with E-state index in [9.17, 15) is 9.59 Å². The van der Waals surface area contributed by atoms with Crippen LogP contribution in [0.25, 0.3) is 6.08 Å². The van der Waals surface area contributed by atoms with Gasteiger partial charge in [0.25, 0.3) is 11.1 Å². The second kappa shape index (κ2) is 11.3. The largest absolute Gasteiger partial charge is 0.493 e. The Morgan fingerprint density at radius 3 is 2.45 bits per heavy atom. The molecule has 1 aliphatic rings. The van der Waals surface area contributed by atoms with Crippen LogP contribution in [0.5, 0.6) is 17.2 Å². The van der Waals surface area contributed by atoms with Gasteiger partial charge in [-0.2, -0.15) is 0 Å². The number of hydrogen-bond donors (Lipinski definition) is 0. The highest BCUT2D eigenvalue weighted by Gasteiger charge is 2.34. The lowest BCUT2D eigenvalue weighted by atomic mass is 10.0. The number of hydrogen-bond acceptors (Lipinski definition) is 6. The number of thioether (sulfide) groups is 1. The summed E-state index contributed by atoms with van der Waals surface area (Å²) in [6.07, 6.45) is 2.60. The van der Waals surface area contributed by atoms with E-state index in [-0.39, 0.29) is 24.3 Å². The zero-order valence-electron chi connectivity index (χ0n) is 19.8. The van der Waals surface area contributed by atoms with E-state index in [2.05, 4.69) is 26.0 Å². The highest BCUT2D eigenvalue weighted by molar-refractivity contribution is 8.18. The molecule has 2 amide bonds. The molecule has 0 aromatic heterocycles. The summed E-state index contributed by atoms with van der Waals surface area (Å²) in [6, 6.07) is 11.6. The van der Waals surface area contributed by atoms with Gasteiger partial charge in [0, 0.05) is 0 Å². The van der Waals surface area contributed by atoms with Crippen molar-refractivity contribution in [2.24, 2.45) is 0 Å². The molecule has 0 N–H and O–H groups in total. The molecule has 33 heavy (non-hydrogen) atoms. The lowest BCUT2D eigenvalue weighted by Gasteiger charge is -2.17. The highest BCUT2D eigenvalue weighted by Crippen LogP contribution is 2.35. The Bertz CT molecular complexity index is 1050. The van der Waals surface area contributed by atoms with E-state index in [0.29, 0.717) is 28.9 Å². The van der Waals surface area contributed by atoms with Gasteiger partial charge in [-0.05, 0) is 72.0 Å². The predicted molar refractivity (Wildman–Crippen MR) is 132 cm³/mol. The van der Waals surface area contributed by atoms with Crippen LogP contribution in [0.4, 0.5) is 4.79 Å². The number of imide groups is 1. The Morgan fingerprint density at radius 1 is 1.00 bits per heavy atom. The lowest BCUT2D eigenvalue weighted by Crippen LogP contribution is -2.32. The average Bonchev–Trinajstić information content (AvgIpc) is 3.05. The molecule has 176 valence electrons. The second-order valence-electron chi connectivity index (χ2n) is 8.14. The van der Waals surface area contributed by atoms with E-state index in [1.807, 2.05) is 32.0 Å². The van der Waals surface area contributed by atoms with Gasteiger partial charge in [0.1, 0.15) is 12.4 Å². The molecule has 0 aliphatic carbocycles. The highest BCUT2D eigenvalue weighted by atomic mass is 32.2. The molecule has 3 rings (SSSR count). The van der Waals surface area contributed by atoms with Crippen LogP contribution < -0.4 is 14.2 Å². The van der Waals surface area contributed by atoms with Crippen LogP contribution >= 0.6 is 11.8 Å². The molecule has 6 nitrogen and oxygen atoms in total. The van der Waals surface area contributed by atoms with Crippen LogP contribution in [-0.2, 0) is 4.79 Å². The molecule has 1 heterocycles. The first-order chi connectivity index (χ1) is 15.8.